The van der Waals surface area contributed by atoms with Crippen molar-refractivity contribution in [3.05, 3.63) is 11.9 Å². The van der Waals surface area contributed by atoms with Crippen LogP contribution in [-0.2, 0) is 11.0 Å². The van der Waals surface area contributed by atoms with Gasteiger partial charge in [-0.3, -0.25) is 0 Å². The van der Waals surface area contributed by atoms with E-state index < -0.39 is 0 Å². The first-order valence-electron chi connectivity index (χ1n) is 4.82. The van der Waals surface area contributed by atoms with Crippen molar-refractivity contribution in [1.29, 1.82) is 5.26 Å². The largest absolute Gasteiger partial charge is 0.232 e. The highest BCUT2D eigenvalue weighted by atomic mass is 15.5. The third-order valence-electron chi connectivity index (χ3n) is 2.63. The van der Waals surface area contributed by atoms with Gasteiger partial charge in [0.2, 0.25) is 0 Å². The molecular formula is C10H14N4. The van der Waals surface area contributed by atoms with Crippen molar-refractivity contribution < 1.29 is 0 Å². The molecule has 0 bridgehead atoms. The van der Waals surface area contributed by atoms with Gasteiger partial charge < -0.3 is 0 Å². The fourth-order valence-corrected chi connectivity index (χ4v) is 1.33. The Hall–Kier alpha value is -1.37. The molecule has 1 aromatic rings. The van der Waals surface area contributed by atoms with Gasteiger partial charge in [0.05, 0.1) is 18.0 Å². The van der Waals surface area contributed by atoms with Crippen LogP contribution in [0, 0.1) is 11.3 Å². The lowest BCUT2D eigenvalue weighted by molar-refractivity contribution is 0.516. The zero-order chi connectivity index (χ0) is 10.4. The van der Waals surface area contributed by atoms with E-state index in [1.54, 1.807) is 4.68 Å². The fraction of sp³-hybridized carbons (Fsp3) is 0.700. The normalized spacial score (nSPS) is 19.0. The van der Waals surface area contributed by atoms with Crippen LogP contribution in [0.25, 0.3) is 0 Å². The van der Waals surface area contributed by atoms with Crippen molar-refractivity contribution in [3.63, 3.8) is 0 Å². The summed E-state index contributed by atoms with van der Waals surface area (Å²) in [5, 5.41) is 17.1. The fourth-order valence-electron chi connectivity index (χ4n) is 1.33. The Morgan fingerprint density at radius 2 is 2.14 bits per heavy atom. The van der Waals surface area contributed by atoms with E-state index in [-0.39, 0.29) is 11.0 Å². The molecule has 1 fully saturated rings. The highest BCUT2D eigenvalue weighted by Crippen LogP contribution is 2.42. The Labute approximate surface area is 83.5 Å². The van der Waals surface area contributed by atoms with Gasteiger partial charge in [-0.2, -0.15) is 5.26 Å². The summed E-state index contributed by atoms with van der Waals surface area (Å²) in [5.41, 5.74) is 0.569. The average molecular weight is 190 g/mol. The van der Waals surface area contributed by atoms with Crippen molar-refractivity contribution in [1.82, 2.24) is 15.0 Å². The number of nitrogens with zero attached hydrogens (tertiary/aromatic N) is 4. The summed E-state index contributed by atoms with van der Waals surface area (Å²) in [6.07, 6.45) is 3.70. The van der Waals surface area contributed by atoms with Crippen molar-refractivity contribution in [2.75, 3.05) is 0 Å². The predicted octanol–water partition coefficient (Wildman–Crippen LogP) is 1.59. The van der Waals surface area contributed by atoms with E-state index in [0.29, 0.717) is 0 Å². The minimum absolute atomic E-state index is 0.00376. The molecular weight excluding hydrogens is 176 g/mol. The number of hydrogen-bond donors (Lipinski definition) is 0. The van der Waals surface area contributed by atoms with Crippen LogP contribution in [0.5, 0.6) is 0 Å². The van der Waals surface area contributed by atoms with Crippen LogP contribution in [0.4, 0.5) is 0 Å². The molecule has 1 aliphatic carbocycles. The molecule has 1 aromatic heterocycles. The van der Waals surface area contributed by atoms with Gasteiger partial charge in [0.1, 0.15) is 0 Å². The molecule has 0 radical (unpaired) electrons. The second kappa shape index (κ2) is 2.57. The molecule has 0 amide bonds. The summed E-state index contributed by atoms with van der Waals surface area (Å²) in [6.45, 7) is 6.27. The SMILES string of the molecule is CC(C)(C)c1cn(C2(C#N)CC2)nn1. The van der Waals surface area contributed by atoms with E-state index >= 15 is 0 Å². The lowest BCUT2D eigenvalue weighted by Crippen LogP contribution is -2.15. The van der Waals surface area contributed by atoms with Gasteiger partial charge >= 0.3 is 0 Å². The van der Waals surface area contributed by atoms with Gasteiger partial charge in [-0.05, 0) is 12.8 Å². The maximum absolute atomic E-state index is 8.98. The van der Waals surface area contributed by atoms with Crippen LogP contribution in [0.2, 0.25) is 0 Å². The topological polar surface area (TPSA) is 54.5 Å². The molecule has 2 rings (SSSR count). The molecule has 0 N–H and O–H groups in total. The van der Waals surface area contributed by atoms with Crippen molar-refractivity contribution in [3.8, 4) is 6.07 Å². The number of aromatic nitrogens is 3. The number of rotatable bonds is 1. The van der Waals surface area contributed by atoms with E-state index in [9.17, 15) is 0 Å². The molecule has 0 aromatic carbocycles. The van der Waals surface area contributed by atoms with Gasteiger partial charge in [-0.15, -0.1) is 5.10 Å². The van der Waals surface area contributed by atoms with Gasteiger partial charge in [-0.25, -0.2) is 4.68 Å². The first kappa shape index (κ1) is 9.20. The van der Waals surface area contributed by atoms with E-state index in [4.69, 9.17) is 5.26 Å². The summed E-state index contributed by atoms with van der Waals surface area (Å²) >= 11 is 0. The quantitative estimate of drug-likeness (QED) is 0.675. The molecule has 1 heterocycles. The van der Waals surface area contributed by atoms with Crippen LogP contribution in [0.15, 0.2) is 6.20 Å². The summed E-state index contributed by atoms with van der Waals surface area (Å²) in [4.78, 5) is 0. The Kier molecular flexibility index (Phi) is 1.69. The van der Waals surface area contributed by atoms with Gasteiger partial charge in [0, 0.05) is 5.41 Å². The molecule has 1 saturated carbocycles. The summed E-state index contributed by atoms with van der Waals surface area (Å²) in [5.74, 6) is 0. The van der Waals surface area contributed by atoms with Gasteiger partial charge in [-0.1, -0.05) is 26.0 Å². The summed E-state index contributed by atoms with van der Waals surface area (Å²) in [7, 11) is 0. The molecule has 0 unspecified atom stereocenters. The molecule has 0 spiro atoms. The minimum atomic E-state index is -0.378. The zero-order valence-electron chi connectivity index (χ0n) is 8.78. The number of nitriles is 1. The van der Waals surface area contributed by atoms with E-state index in [0.717, 1.165) is 18.5 Å². The van der Waals surface area contributed by atoms with Crippen LogP contribution in [-0.4, -0.2) is 15.0 Å². The molecule has 0 saturated heterocycles. The highest BCUT2D eigenvalue weighted by molar-refractivity contribution is 5.17. The molecule has 14 heavy (non-hydrogen) atoms. The lowest BCUT2D eigenvalue weighted by Gasteiger charge is -2.13. The van der Waals surface area contributed by atoms with E-state index in [2.05, 4.69) is 37.2 Å². The Balaban J connectivity index is 2.32. The van der Waals surface area contributed by atoms with Crippen LogP contribution in [0.1, 0.15) is 39.3 Å². The molecule has 74 valence electrons. The minimum Gasteiger partial charge on any atom is -0.232 e. The Morgan fingerprint density at radius 1 is 1.50 bits per heavy atom. The van der Waals surface area contributed by atoms with E-state index in [1.165, 1.54) is 0 Å². The van der Waals surface area contributed by atoms with Gasteiger partial charge in [0.15, 0.2) is 5.54 Å². The van der Waals surface area contributed by atoms with Crippen LogP contribution in [0.3, 0.4) is 0 Å². The second-order valence-corrected chi connectivity index (χ2v) is 4.94. The van der Waals surface area contributed by atoms with Crippen molar-refractivity contribution in [2.45, 2.75) is 44.6 Å². The molecule has 0 aliphatic heterocycles. The van der Waals surface area contributed by atoms with Crippen molar-refractivity contribution >= 4 is 0 Å². The Bertz CT molecular complexity index is 387. The molecule has 4 nitrogen and oxygen atoms in total. The number of hydrogen-bond acceptors (Lipinski definition) is 3. The first-order chi connectivity index (χ1) is 6.48. The zero-order valence-corrected chi connectivity index (χ0v) is 8.78. The summed E-state index contributed by atoms with van der Waals surface area (Å²) < 4.78 is 1.72. The highest BCUT2D eigenvalue weighted by Gasteiger charge is 2.46. The lowest BCUT2D eigenvalue weighted by atomic mass is 9.93. The maximum atomic E-state index is 8.98. The first-order valence-corrected chi connectivity index (χ1v) is 4.82. The average Bonchev–Trinajstić information content (AvgIpc) is 2.73. The monoisotopic (exact) mass is 190 g/mol. The van der Waals surface area contributed by atoms with E-state index in [1.807, 2.05) is 6.20 Å². The molecule has 0 atom stereocenters. The predicted molar refractivity (Wildman–Crippen MR) is 51.5 cm³/mol. The summed E-state index contributed by atoms with van der Waals surface area (Å²) in [6, 6.07) is 2.29. The third-order valence-corrected chi connectivity index (χ3v) is 2.63. The second-order valence-electron chi connectivity index (χ2n) is 4.94. The molecule has 1 aliphatic rings. The van der Waals surface area contributed by atoms with Crippen LogP contribution < -0.4 is 0 Å². The standard InChI is InChI=1S/C10H14N4/c1-9(2,3)8-6-14(13-12-8)10(7-11)4-5-10/h6H,4-5H2,1-3H3. The smallest absolute Gasteiger partial charge is 0.150 e. The molecule has 4 heteroatoms. The van der Waals surface area contributed by atoms with Gasteiger partial charge in [0.25, 0.3) is 0 Å². The van der Waals surface area contributed by atoms with Crippen molar-refractivity contribution in [2.24, 2.45) is 0 Å². The van der Waals surface area contributed by atoms with Crippen LogP contribution >= 0.6 is 0 Å². The Morgan fingerprint density at radius 3 is 2.50 bits per heavy atom. The maximum Gasteiger partial charge on any atom is 0.150 e. The third kappa shape index (κ3) is 1.29.